The topological polar surface area (TPSA) is 55.4 Å². The van der Waals surface area contributed by atoms with E-state index in [1.807, 2.05) is 25.1 Å². The van der Waals surface area contributed by atoms with Gasteiger partial charge in [0.15, 0.2) is 0 Å². The van der Waals surface area contributed by atoms with E-state index in [1.54, 1.807) is 0 Å². The van der Waals surface area contributed by atoms with Gasteiger partial charge in [-0.15, -0.1) is 11.3 Å². The number of hydrogen-bond acceptors (Lipinski definition) is 4. The van der Waals surface area contributed by atoms with E-state index in [1.165, 1.54) is 25.4 Å². The second-order valence-corrected chi connectivity index (χ2v) is 5.03. The molecule has 0 atom stereocenters. The molecule has 1 aromatic carbocycles. The van der Waals surface area contributed by atoms with Crippen molar-refractivity contribution in [3.8, 4) is 0 Å². The zero-order valence-electron chi connectivity index (χ0n) is 10.4. The molecule has 5 heteroatoms. The average Bonchev–Trinajstić information content (AvgIpc) is 2.64. The number of amides is 1. The smallest absolute Gasteiger partial charge is 0.341 e. The Hall–Kier alpha value is -1.88. The van der Waals surface area contributed by atoms with Gasteiger partial charge in [-0.05, 0) is 18.6 Å². The molecule has 0 aliphatic heterocycles. The lowest BCUT2D eigenvalue weighted by atomic mass is 10.1. The number of esters is 1. The predicted octanol–water partition coefficient (Wildman–Crippen LogP) is 2.95. The fourth-order valence-electron chi connectivity index (χ4n) is 1.76. The Morgan fingerprint density at radius 3 is 2.67 bits per heavy atom. The summed E-state index contributed by atoms with van der Waals surface area (Å²) in [5.74, 6) is -0.641. The van der Waals surface area contributed by atoms with Crippen LogP contribution in [0.4, 0.5) is 5.00 Å². The van der Waals surface area contributed by atoms with Gasteiger partial charge in [0.1, 0.15) is 10.6 Å². The van der Waals surface area contributed by atoms with Crippen LogP contribution in [0.5, 0.6) is 0 Å². The van der Waals surface area contributed by atoms with Crippen LogP contribution in [0, 0.1) is 6.92 Å². The third-order valence-corrected chi connectivity index (χ3v) is 3.59. The number of nitrogens with one attached hydrogen (secondary N) is 1. The summed E-state index contributed by atoms with van der Waals surface area (Å²) >= 11 is 1.38. The Morgan fingerprint density at radius 2 is 2.06 bits per heavy atom. The molecule has 0 aliphatic carbocycles. The van der Waals surface area contributed by atoms with Gasteiger partial charge in [0.25, 0.3) is 0 Å². The molecule has 0 spiro atoms. The van der Waals surface area contributed by atoms with Crippen molar-refractivity contribution < 1.29 is 14.3 Å². The van der Waals surface area contributed by atoms with Gasteiger partial charge in [-0.1, -0.05) is 12.1 Å². The monoisotopic (exact) mass is 263 g/mol. The second kappa shape index (κ2) is 4.78. The molecule has 94 valence electrons. The lowest BCUT2D eigenvalue weighted by Crippen LogP contribution is -2.09. The zero-order valence-corrected chi connectivity index (χ0v) is 11.2. The molecular formula is C13H13NO3S. The molecule has 1 amide bonds. The number of fused-ring (bicyclic) bond motifs is 1. The number of ether oxygens (including phenoxy) is 1. The number of hydrogen-bond donors (Lipinski definition) is 1. The summed E-state index contributed by atoms with van der Waals surface area (Å²) < 4.78 is 5.73. The maximum absolute atomic E-state index is 11.8. The standard InChI is InChI=1S/C13H13NO3S/c1-7-4-5-9-10(6-7)18-12(14-8(2)15)11(9)13(16)17-3/h4-6H,1-3H3,(H,14,15). The first kappa shape index (κ1) is 12.6. The number of anilines is 1. The Bertz CT molecular complexity index is 630. The molecule has 0 fully saturated rings. The largest absolute Gasteiger partial charge is 0.465 e. The van der Waals surface area contributed by atoms with Crippen LogP contribution in [-0.2, 0) is 9.53 Å². The van der Waals surface area contributed by atoms with E-state index in [9.17, 15) is 9.59 Å². The highest BCUT2D eigenvalue weighted by Crippen LogP contribution is 2.36. The summed E-state index contributed by atoms with van der Waals surface area (Å²) in [7, 11) is 1.33. The van der Waals surface area contributed by atoms with Gasteiger partial charge in [0, 0.05) is 17.0 Å². The molecule has 2 aromatic rings. The number of benzene rings is 1. The van der Waals surface area contributed by atoms with Crippen LogP contribution in [0.1, 0.15) is 22.8 Å². The Kier molecular flexibility index (Phi) is 3.34. The zero-order chi connectivity index (χ0) is 13.3. The highest BCUT2D eigenvalue weighted by molar-refractivity contribution is 7.23. The van der Waals surface area contributed by atoms with Crippen molar-refractivity contribution >= 4 is 38.3 Å². The highest BCUT2D eigenvalue weighted by Gasteiger charge is 2.20. The van der Waals surface area contributed by atoms with E-state index in [0.29, 0.717) is 10.6 Å². The number of carbonyl (C=O) groups excluding carboxylic acids is 2. The van der Waals surface area contributed by atoms with Crippen molar-refractivity contribution in [3.05, 3.63) is 29.3 Å². The maximum atomic E-state index is 11.8. The predicted molar refractivity (Wildman–Crippen MR) is 72.2 cm³/mol. The molecule has 0 radical (unpaired) electrons. The van der Waals surface area contributed by atoms with Gasteiger partial charge in [-0.25, -0.2) is 4.79 Å². The number of rotatable bonds is 2. The van der Waals surface area contributed by atoms with Crippen molar-refractivity contribution in [2.75, 3.05) is 12.4 Å². The number of aryl methyl sites for hydroxylation is 1. The molecule has 1 aromatic heterocycles. The fraction of sp³-hybridized carbons (Fsp3) is 0.231. The molecule has 0 bridgehead atoms. The van der Waals surface area contributed by atoms with Gasteiger partial charge >= 0.3 is 5.97 Å². The normalized spacial score (nSPS) is 10.4. The molecular weight excluding hydrogens is 250 g/mol. The molecule has 2 rings (SSSR count). The SMILES string of the molecule is COC(=O)c1c(NC(C)=O)sc2cc(C)ccc12. The Morgan fingerprint density at radius 1 is 1.33 bits per heavy atom. The molecule has 1 N–H and O–H groups in total. The molecule has 0 unspecified atom stereocenters. The van der Waals surface area contributed by atoms with Crippen LogP contribution in [-0.4, -0.2) is 19.0 Å². The first-order chi connectivity index (χ1) is 8.52. The summed E-state index contributed by atoms with van der Waals surface area (Å²) in [5.41, 5.74) is 1.53. The number of methoxy groups -OCH3 is 1. The molecule has 4 nitrogen and oxygen atoms in total. The number of thiophene rings is 1. The van der Waals surface area contributed by atoms with Crippen molar-refractivity contribution in [2.45, 2.75) is 13.8 Å². The second-order valence-electron chi connectivity index (χ2n) is 3.98. The minimum atomic E-state index is -0.436. The third-order valence-electron chi connectivity index (χ3n) is 2.52. The van der Waals surface area contributed by atoms with Gasteiger partial charge < -0.3 is 10.1 Å². The fourth-order valence-corrected chi connectivity index (χ4v) is 2.99. The summed E-state index contributed by atoms with van der Waals surface area (Å²) in [5, 5.41) is 4.02. The minimum absolute atomic E-state index is 0.205. The van der Waals surface area contributed by atoms with Crippen LogP contribution in [0.25, 0.3) is 10.1 Å². The lowest BCUT2D eigenvalue weighted by Gasteiger charge is -2.02. The van der Waals surface area contributed by atoms with Gasteiger partial charge in [0.05, 0.1) is 7.11 Å². The summed E-state index contributed by atoms with van der Waals surface area (Å²) in [6, 6.07) is 5.79. The summed E-state index contributed by atoms with van der Waals surface area (Å²) in [6.45, 7) is 3.39. The Labute approximate surface area is 109 Å². The highest BCUT2D eigenvalue weighted by atomic mass is 32.1. The van der Waals surface area contributed by atoms with Crippen molar-refractivity contribution in [1.29, 1.82) is 0 Å². The third kappa shape index (κ3) is 2.22. The summed E-state index contributed by atoms with van der Waals surface area (Å²) in [6.07, 6.45) is 0. The summed E-state index contributed by atoms with van der Waals surface area (Å²) in [4.78, 5) is 23.0. The van der Waals surface area contributed by atoms with E-state index in [2.05, 4.69) is 5.32 Å². The quantitative estimate of drug-likeness (QED) is 0.847. The van der Waals surface area contributed by atoms with Crippen LogP contribution in [0.3, 0.4) is 0 Å². The van der Waals surface area contributed by atoms with E-state index in [-0.39, 0.29) is 5.91 Å². The van der Waals surface area contributed by atoms with Crippen molar-refractivity contribution in [2.24, 2.45) is 0 Å². The number of carbonyl (C=O) groups is 2. The van der Waals surface area contributed by atoms with Crippen LogP contribution < -0.4 is 5.32 Å². The van der Waals surface area contributed by atoms with E-state index < -0.39 is 5.97 Å². The lowest BCUT2D eigenvalue weighted by molar-refractivity contribution is -0.114. The van der Waals surface area contributed by atoms with Gasteiger partial charge in [-0.3, -0.25) is 4.79 Å². The first-order valence-corrected chi connectivity index (χ1v) is 6.23. The average molecular weight is 263 g/mol. The Balaban J connectivity index is 2.67. The van der Waals surface area contributed by atoms with Crippen molar-refractivity contribution in [3.63, 3.8) is 0 Å². The van der Waals surface area contributed by atoms with E-state index in [0.717, 1.165) is 15.6 Å². The molecule has 1 heterocycles. The van der Waals surface area contributed by atoms with Crippen molar-refractivity contribution in [1.82, 2.24) is 0 Å². The van der Waals surface area contributed by atoms with E-state index >= 15 is 0 Å². The molecule has 0 saturated carbocycles. The van der Waals surface area contributed by atoms with Crippen LogP contribution in [0.2, 0.25) is 0 Å². The molecule has 0 saturated heterocycles. The van der Waals surface area contributed by atoms with Crippen LogP contribution >= 0.6 is 11.3 Å². The minimum Gasteiger partial charge on any atom is -0.465 e. The maximum Gasteiger partial charge on any atom is 0.341 e. The van der Waals surface area contributed by atoms with Gasteiger partial charge in [-0.2, -0.15) is 0 Å². The van der Waals surface area contributed by atoms with Gasteiger partial charge in [0.2, 0.25) is 5.91 Å². The molecule has 18 heavy (non-hydrogen) atoms. The molecule has 0 aliphatic rings. The van der Waals surface area contributed by atoms with E-state index in [4.69, 9.17) is 4.74 Å². The first-order valence-electron chi connectivity index (χ1n) is 5.42. The van der Waals surface area contributed by atoms with Crippen LogP contribution in [0.15, 0.2) is 18.2 Å².